The van der Waals surface area contributed by atoms with Crippen LogP contribution in [-0.4, -0.2) is 47.4 Å². The largest absolute Gasteiger partial charge is 0.507 e. The number of phenolic OH excluding ortho intramolecular Hbond substituents is 1. The topological polar surface area (TPSA) is 94.1 Å². The number of ketones is 1. The molecule has 1 fully saturated rings. The van der Waals surface area contributed by atoms with Gasteiger partial charge in [0.1, 0.15) is 11.4 Å². The zero-order valence-corrected chi connectivity index (χ0v) is 19.1. The lowest BCUT2D eigenvalue weighted by molar-refractivity contribution is 0.00578. The van der Waals surface area contributed by atoms with E-state index in [1.54, 1.807) is 39.0 Å². The first-order valence-electron chi connectivity index (χ1n) is 9.98. The molecule has 1 aliphatic heterocycles. The van der Waals surface area contributed by atoms with Gasteiger partial charge in [0, 0.05) is 6.54 Å². The highest BCUT2D eigenvalue weighted by Crippen LogP contribution is 2.38. The van der Waals surface area contributed by atoms with Crippen LogP contribution in [0.5, 0.6) is 5.75 Å². The van der Waals surface area contributed by atoms with Crippen LogP contribution in [0, 0.1) is 0 Å². The summed E-state index contributed by atoms with van der Waals surface area (Å²) in [7, 11) is -0.695. The molecule has 0 bridgehead atoms. The molecule has 0 unspecified atom stereocenters. The van der Waals surface area contributed by atoms with E-state index in [1.165, 1.54) is 13.0 Å². The number of phenols is 1. The standard InChI is InChI=1S/C22H32BNO6/c1-14(25)17-12-15(9-10-18(17)26)11-16(13-24-19(27)28-20(2,3)4)23-29-21(5,6)22(7,8)30-23/h9-12,26H,13H2,1-8H3,(H,24,27). The Hall–Kier alpha value is -2.32. The van der Waals surface area contributed by atoms with E-state index in [0.717, 1.165) is 0 Å². The van der Waals surface area contributed by atoms with Gasteiger partial charge in [-0.05, 0) is 78.6 Å². The molecule has 2 N–H and O–H groups in total. The van der Waals surface area contributed by atoms with E-state index in [1.807, 2.05) is 27.7 Å². The zero-order valence-electron chi connectivity index (χ0n) is 19.1. The summed E-state index contributed by atoms with van der Waals surface area (Å²) >= 11 is 0. The van der Waals surface area contributed by atoms with Crippen LogP contribution in [0.2, 0.25) is 0 Å². The quantitative estimate of drug-likeness (QED) is 0.553. The number of carbonyl (C=O) groups is 2. The molecule has 1 aromatic rings. The second-order valence-electron chi connectivity index (χ2n) is 9.50. The number of Topliss-reactive ketones (excluding diaryl/α,β-unsaturated/α-hetero) is 1. The second-order valence-corrected chi connectivity index (χ2v) is 9.50. The van der Waals surface area contributed by atoms with Crippen molar-refractivity contribution in [2.24, 2.45) is 0 Å². The van der Waals surface area contributed by atoms with Crippen LogP contribution in [0.15, 0.2) is 23.7 Å². The van der Waals surface area contributed by atoms with Gasteiger partial charge >= 0.3 is 13.2 Å². The van der Waals surface area contributed by atoms with Gasteiger partial charge < -0.3 is 24.5 Å². The Labute approximate surface area is 178 Å². The van der Waals surface area contributed by atoms with Gasteiger partial charge in [-0.25, -0.2) is 4.79 Å². The molecular formula is C22H32BNO6. The molecule has 0 atom stereocenters. The molecule has 0 aliphatic carbocycles. The number of carbonyl (C=O) groups excluding carboxylic acids is 2. The fraction of sp³-hybridized carbons (Fsp3) is 0.545. The molecule has 1 aliphatic rings. The van der Waals surface area contributed by atoms with Gasteiger partial charge in [0.25, 0.3) is 0 Å². The SMILES string of the molecule is CC(=O)c1cc(C=C(CNC(=O)OC(C)(C)C)B2OC(C)(C)C(C)(C)O2)ccc1O. The molecular weight excluding hydrogens is 385 g/mol. The van der Waals surface area contributed by atoms with Crippen LogP contribution in [-0.2, 0) is 14.0 Å². The first kappa shape index (κ1) is 24.0. The lowest BCUT2D eigenvalue weighted by atomic mass is 9.77. The van der Waals surface area contributed by atoms with Crippen molar-refractivity contribution < 1.29 is 28.7 Å². The molecule has 8 heteroatoms. The Morgan fingerprint density at radius 2 is 1.73 bits per heavy atom. The van der Waals surface area contributed by atoms with E-state index in [4.69, 9.17) is 14.0 Å². The predicted molar refractivity (Wildman–Crippen MR) is 116 cm³/mol. The van der Waals surface area contributed by atoms with Crippen molar-refractivity contribution in [2.75, 3.05) is 6.54 Å². The number of rotatable bonds is 5. The van der Waals surface area contributed by atoms with Crippen LogP contribution in [0.25, 0.3) is 6.08 Å². The number of alkyl carbamates (subject to hydrolysis) is 1. The Balaban J connectivity index is 2.34. The predicted octanol–water partition coefficient (Wildman–Crippen LogP) is 4.13. The first-order valence-corrected chi connectivity index (χ1v) is 9.98. The van der Waals surface area contributed by atoms with E-state index in [-0.39, 0.29) is 23.6 Å². The summed E-state index contributed by atoms with van der Waals surface area (Å²) in [6.45, 7) is 14.7. The van der Waals surface area contributed by atoms with Gasteiger partial charge in [-0.2, -0.15) is 0 Å². The average Bonchev–Trinajstić information content (AvgIpc) is 2.78. The summed E-state index contributed by atoms with van der Waals surface area (Å²) in [5.41, 5.74) is -0.179. The van der Waals surface area contributed by atoms with Crippen LogP contribution in [0.4, 0.5) is 4.79 Å². The molecule has 0 radical (unpaired) electrons. The lowest BCUT2D eigenvalue weighted by Crippen LogP contribution is -2.41. The fourth-order valence-electron chi connectivity index (χ4n) is 2.82. The summed E-state index contributed by atoms with van der Waals surface area (Å²) < 4.78 is 17.6. The van der Waals surface area contributed by atoms with Gasteiger partial charge in [0.15, 0.2) is 5.78 Å². The molecule has 164 valence electrons. The van der Waals surface area contributed by atoms with E-state index < -0.39 is 30.0 Å². The van der Waals surface area contributed by atoms with Crippen molar-refractivity contribution in [2.45, 2.75) is 72.2 Å². The Morgan fingerprint density at radius 3 is 2.23 bits per heavy atom. The summed E-state index contributed by atoms with van der Waals surface area (Å²) in [6.07, 6.45) is 1.23. The number of hydrogen-bond donors (Lipinski definition) is 2. The molecule has 30 heavy (non-hydrogen) atoms. The molecule has 7 nitrogen and oxygen atoms in total. The number of benzene rings is 1. The number of aromatic hydroxyl groups is 1. The van der Waals surface area contributed by atoms with E-state index in [2.05, 4.69) is 5.32 Å². The van der Waals surface area contributed by atoms with Gasteiger partial charge in [-0.15, -0.1) is 0 Å². The third-order valence-corrected chi connectivity index (χ3v) is 5.14. The van der Waals surface area contributed by atoms with Gasteiger partial charge in [0.2, 0.25) is 0 Å². The van der Waals surface area contributed by atoms with Crippen molar-refractivity contribution in [1.29, 1.82) is 0 Å². The summed E-state index contributed by atoms with van der Waals surface area (Å²) in [4.78, 5) is 23.9. The number of nitrogens with one attached hydrogen (secondary N) is 1. The molecule has 0 aromatic heterocycles. The molecule has 0 spiro atoms. The van der Waals surface area contributed by atoms with Crippen LogP contribution in [0.3, 0.4) is 0 Å². The second kappa shape index (κ2) is 8.43. The maximum Gasteiger partial charge on any atom is 0.492 e. The Bertz CT molecular complexity index is 838. The first-order chi connectivity index (χ1) is 13.6. The van der Waals surface area contributed by atoms with Gasteiger partial charge in [-0.1, -0.05) is 12.1 Å². The minimum atomic E-state index is -0.695. The highest BCUT2D eigenvalue weighted by Gasteiger charge is 2.52. The van der Waals surface area contributed by atoms with Crippen molar-refractivity contribution in [3.05, 3.63) is 34.8 Å². The molecule has 0 saturated carbocycles. The van der Waals surface area contributed by atoms with Crippen LogP contribution < -0.4 is 5.32 Å². The van der Waals surface area contributed by atoms with E-state index in [9.17, 15) is 14.7 Å². The zero-order chi connectivity index (χ0) is 22.9. The molecule has 2 rings (SSSR count). The molecule has 1 aromatic carbocycles. The number of ether oxygens (including phenoxy) is 1. The maximum atomic E-state index is 12.2. The minimum Gasteiger partial charge on any atom is -0.507 e. The van der Waals surface area contributed by atoms with E-state index >= 15 is 0 Å². The van der Waals surface area contributed by atoms with Crippen molar-refractivity contribution in [3.63, 3.8) is 0 Å². The summed E-state index contributed by atoms with van der Waals surface area (Å²) in [5.74, 6) is -0.324. The van der Waals surface area contributed by atoms with Gasteiger partial charge in [0.05, 0.1) is 16.8 Å². The highest BCUT2D eigenvalue weighted by atomic mass is 16.7. The minimum absolute atomic E-state index is 0.0799. The fourth-order valence-corrected chi connectivity index (χ4v) is 2.82. The Morgan fingerprint density at radius 1 is 1.17 bits per heavy atom. The van der Waals surface area contributed by atoms with Crippen LogP contribution >= 0.6 is 0 Å². The lowest BCUT2D eigenvalue weighted by Gasteiger charge is -2.32. The maximum absolute atomic E-state index is 12.2. The summed E-state index contributed by atoms with van der Waals surface area (Å²) in [5, 5.41) is 12.6. The molecule has 1 saturated heterocycles. The molecule has 1 heterocycles. The third-order valence-electron chi connectivity index (χ3n) is 5.14. The smallest absolute Gasteiger partial charge is 0.492 e. The van der Waals surface area contributed by atoms with Crippen molar-refractivity contribution in [1.82, 2.24) is 5.32 Å². The van der Waals surface area contributed by atoms with E-state index in [0.29, 0.717) is 11.0 Å². The van der Waals surface area contributed by atoms with Crippen LogP contribution in [0.1, 0.15) is 71.3 Å². The van der Waals surface area contributed by atoms with Crippen molar-refractivity contribution >= 4 is 25.1 Å². The monoisotopic (exact) mass is 417 g/mol. The average molecular weight is 417 g/mol. The normalized spacial score (nSPS) is 18.3. The number of amides is 1. The van der Waals surface area contributed by atoms with Gasteiger partial charge in [-0.3, -0.25) is 4.79 Å². The highest BCUT2D eigenvalue weighted by molar-refractivity contribution is 6.56. The Kier molecular flexibility index (Phi) is 6.74. The number of hydrogen-bond acceptors (Lipinski definition) is 6. The third kappa shape index (κ3) is 5.86. The van der Waals surface area contributed by atoms with Crippen molar-refractivity contribution in [3.8, 4) is 5.75 Å². The summed E-state index contributed by atoms with van der Waals surface area (Å²) in [6, 6.07) is 4.74. The molecule has 1 amide bonds.